The van der Waals surface area contributed by atoms with E-state index >= 15 is 0 Å². The number of ether oxygens (including phenoxy) is 2. The van der Waals surface area contributed by atoms with E-state index in [1.54, 1.807) is 19.2 Å². The number of benzene rings is 2. The summed E-state index contributed by atoms with van der Waals surface area (Å²) in [6.07, 6.45) is 0. The molecule has 0 aliphatic rings. The Labute approximate surface area is 137 Å². The largest absolute Gasteiger partial charge is 0.487 e. The molecule has 0 unspecified atom stereocenters. The summed E-state index contributed by atoms with van der Waals surface area (Å²) in [7, 11) is 1.59. The summed E-state index contributed by atoms with van der Waals surface area (Å²) >= 11 is 1.46. The van der Waals surface area contributed by atoms with Crippen LogP contribution in [0.1, 0.15) is 21.5 Å². The second-order valence-electron chi connectivity index (χ2n) is 5.20. The molecule has 1 N–H and O–H groups in total. The van der Waals surface area contributed by atoms with Gasteiger partial charge < -0.3 is 14.6 Å². The van der Waals surface area contributed by atoms with Gasteiger partial charge in [-0.05, 0) is 24.6 Å². The molecule has 0 aliphatic carbocycles. The van der Waals surface area contributed by atoms with Crippen LogP contribution < -0.4 is 9.47 Å². The van der Waals surface area contributed by atoms with Crippen molar-refractivity contribution in [1.29, 1.82) is 0 Å². The van der Waals surface area contributed by atoms with Gasteiger partial charge in [0.25, 0.3) is 0 Å². The highest BCUT2D eigenvalue weighted by Crippen LogP contribution is 2.39. The van der Waals surface area contributed by atoms with E-state index in [2.05, 4.69) is 0 Å². The Kier molecular flexibility index (Phi) is 4.21. The summed E-state index contributed by atoms with van der Waals surface area (Å²) in [5, 5.41) is 10.9. The predicted octanol–water partition coefficient (Wildman–Crippen LogP) is 4.50. The number of aryl methyl sites for hydroxylation is 1. The standard InChI is InChI=1S/C18H16O4S/c1-11-3-5-12(6-4-11)10-22-17-13(18(19)20)7-8-15-14(17)9-16(21-2)23-15/h3-9H,10H2,1-2H3,(H,19,20). The minimum Gasteiger partial charge on any atom is -0.487 e. The van der Waals surface area contributed by atoms with E-state index in [9.17, 15) is 9.90 Å². The van der Waals surface area contributed by atoms with Crippen LogP contribution in [-0.2, 0) is 6.61 Å². The van der Waals surface area contributed by atoms with Crippen LogP contribution >= 0.6 is 11.3 Å². The summed E-state index contributed by atoms with van der Waals surface area (Å²) in [4.78, 5) is 11.5. The van der Waals surface area contributed by atoms with E-state index in [1.165, 1.54) is 16.9 Å². The second kappa shape index (κ2) is 6.30. The maximum Gasteiger partial charge on any atom is 0.339 e. The summed E-state index contributed by atoms with van der Waals surface area (Å²) < 4.78 is 12.0. The molecule has 0 saturated carbocycles. The Morgan fingerprint density at radius 1 is 1.17 bits per heavy atom. The fraction of sp³-hybridized carbons (Fsp3) is 0.167. The zero-order valence-corrected chi connectivity index (χ0v) is 13.6. The van der Waals surface area contributed by atoms with E-state index < -0.39 is 5.97 Å². The maximum atomic E-state index is 11.5. The second-order valence-corrected chi connectivity index (χ2v) is 6.25. The number of hydrogen-bond donors (Lipinski definition) is 1. The number of methoxy groups -OCH3 is 1. The molecule has 5 heteroatoms. The molecule has 4 nitrogen and oxygen atoms in total. The van der Waals surface area contributed by atoms with Gasteiger partial charge in [0.05, 0.1) is 7.11 Å². The lowest BCUT2D eigenvalue weighted by Crippen LogP contribution is -2.03. The smallest absolute Gasteiger partial charge is 0.339 e. The van der Waals surface area contributed by atoms with E-state index in [0.717, 1.165) is 20.7 Å². The Hall–Kier alpha value is -2.53. The van der Waals surface area contributed by atoms with Crippen LogP contribution in [0.5, 0.6) is 10.8 Å². The summed E-state index contributed by atoms with van der Waals surface area (Å²) in [6.45, 7) is 2.34. The third kappa shape index (κ3) is 3.14. The number of hydrogen-bond acceptors (Lipinski definition) is 4. The zero-order chi connectivity index (χ0) is 16.4. The number of rotatable bonds is 5. The fourth-order valence-corrected chi connectivity index (χ4v) is 3.20. The Bertz CT molecular complexity index is 849. The van der Waals surface area contributed by atoms with Crippen LogP contribution in [0.2, 0.25) is 0 Å². The molecular formula is C18H16O4S. The van der Waals surface area contributed by atoms with E-state index in [1.807, 2.05) is 37.3 Å². The number of aromatic carboxylic acids is 1. The van der Waals surface area contributed by atoms with Crippen molar-refractivity contribution in [1.82, 2.24) is 0 Å². The van der Waals surface area contributed by atoms with Crippen molar-refractivity contribution in [3.63, 3.8) is 0 Å². The molecule has 0 fully saturated rings. The van der Waals surface area contributed by atoms with Crippen molar-refractivity contribution in [3.05, 3.63) is 59.2 Å². The van der Waals surface area contributed by atoms with Gasteiger partial charge in [0.15, 0.2) is 5.06 Å². The highest BCUT2D eigenvalue weighted by atomic mass is 32.1. The van der Waals surface area contributed by atoms with Crippen molar-refractivity contribution in [2.75, 3.05) is 7.11 Å². The van der Waals surface area contributed by atoms with Crippen LogP contribution in [0.15, 0.2) is 42.5 Å². The van der Waals surface area contributed by atoms with Crippen LogP contribution in [0.25, 0.3) is 10.1 Å². The van der Waals surface area contributed by atoms with Gasteiger partial charge in [-0.25, -0.2) is 4.79 Å². The van der Waals surface area contributed by atoms with Crippen molar-refractivity contribution in [2.24, 2.45) is 0 Å². The van der Waals surface area contributed by atoms with Gasteiger partial charge in [0, 0.05) is 16.2 Å². The van der Waals surface area contributed by atoms with Crippen molar-refractivity contribution < 1.29 is 19.4 Å². The predicted molar refractivity (Wildman–Crippen MR) is 90.8 cm³/mol. The van der Waals surface area contributed by atoms with Gasteiger partial charge in [-0.3, -0.25) is 0 Å². The van der Waals surface area contributed by atoms with Crippen LogP contribution in [0, 0.1) is 6.92 Å². The van der Waals surface area contributed by atoms with Gasteiger partial charge in [0.1, 0.15) is 17.9 Å². The minimum atomic E-state index is -1.00. The van der Waals surface area contributed by atoms with Gasteiger partial charge in [-0.15, -0.1) is 0 Å². The molecule has 118 valence electrons. The van der Waals surface area contributed by atoms with Crippen molar-refractivity contribution >= 4 is 27.4 Å². The lowest BCUT2D eigenvalue weighted by Gasteiger charge is -2.11. The maximum absolute atomic E-state index is 11.5. The Morgan fingerprint density at radius 2 is 1.91 bits per heavy atom. The first-order chi connectivity index (χ1) is 11.1. The molecule has 23 heavy (non-hydrogen) atoms. The molecule has 0 spiro atoms. The molecular weight excluding hydrogens is 312 g/mol. The van der Waals surface area contributed by atoms with Gasteiger partial charge in [0.2, 0.25) is 0 Å². The van der Waals surface area contributed by atoms with Gasteiger partial charge >= 0.3 is 5.97 Å². The van der Waals surface area contributed by atoms with Crippen LogP contribution in [0.4, 0.5) is 0 Å². The molecule has 1 aromatic heterocycles. The minimum absolute atomic E-state index is 0.157. The monoisotopic (exact) mass is 328 g/mol. The number of carbonyl (C=O) groups is 1. The average molecular weight is 328 g/mol. The average Bonchev–Trinajstić information content (AvgIpc) is 2.97. The van der Waals surface area contributed by atoms with Crippen molar-refractivity contribution in [3.8, 4) is 10.8 Å². The summed E-state index contributed by atoms with van der Waals surface area (Å²) in [5.41, 5.74) is 2.32. The Balaban J connectivity index is 1.99. The first-order valence-electron chi connectivity index (χ1n) is 7.10. The SMILES string of the molecule is COc1cc2c(OCc3ccc(C)cc3)c(C(=O)O)ccc2s1. The van der Waals surface area contributed by atoms with E-state index in [-0.39, 0.29) is 5.56 Å². The quantitative estimate of drug-likeness (QED) is 0.749. The number of fused-ring (bicyclic) bond motifs is 1. The van der Waals surface area contributed by atoms with Gasteiger partial charge in [-0.2, -0.15) is 0 Å². The molecule has 0 radical (unpaired) electrons. The first kappa shape index (κ1) is 15.4. The first-order valence-corrected chi connectivity index (χ1v) is 7.92. The van der Waals surface area contributed by atoms with E-state index in [0.29, 0.717) is 12.4 Å². The third-order valence-electron chi connectivity index (χ3n) is 3.56. The lowest BCUT2D eigenvalue weighted by molar-refractivity contribution is 0.0692. The highest BCUT2D eigenvalue weighted by Gasteiger charge is 2.17. The summed E-state index contributed by atoms with van der Waals surface area (Å²) in [6, 6.07) is 13.1. The van der Waals surface area contributed by atoms with Crippen LogP contribution in [-0.4, -0.2) is 18.2 Å². The molecule has 0 amide bonds. The number of thiophene rings is 1. The summed E-state index contributed by atoms with van der Waals surface area (Å²) in [5.74, 6) is -0.619. The third-order valence-corrected chi connectivity index (χ3v) is 4.63. The molecule has 0 saturated heterocycles. The van der Waals surface area contributed by atoms with Crippen LogP contribution in [0.3, 0.4) is 0 Å². The molecule has 2 aromatic carbocycles. The normalized spacial score (nSPS) is 10.7. The Morgan fingerprint density at radius 3 is 2.57 bits per heavy atom. The highest BCUT2D eigenvalue weighted by molar-refractivity contribution is 7.20. The lowest BCUT2D eigenvalue weighted by atomic mass is 10.1. The van der Waals surface area contributed by atoms with Crippen molar-refractivity contribution in [2.45, 2.75) is 13.5 Å². The molecule has 3 rings (SSSR count). The van der Waals surface area contributed by atoms with E-state index in [4.69, 9.17) is 9.47 Å². The molecule has 0 bridgehead atoms. The number of carboxylic acids is 1. The molecule has 3 aromatic rings. The molecule has 1 heterocycles. The zero-order valence-electron chi connectivity index (χ0n) is 12.8. The number of carboxylic acid groups (broad SMARTS) is 1. The fourth-order valence-electron chi connectivity index (χ4n) is 2.33. The van der Waals surface area contributed by atoms with Gasteiger partial charge in [-0.1, -0.05) is 41.2 Å². The molecule has 0 atom stereocenters. The topological polar surface area (TPSA) is 55.8 Å². The molecule has 0 aliphatic heterocycles.